The van der Waals surface area contributed by atoms with Crippen LogP contribution in [0.4, 0.5) is 52.7 Å². The number of imide groups is 1. The van der Waals surface area contributed by atoms with E-state index in [4.69, 9.17) is 23.4 Å². The van der Waals surface area contributed by atoms with Crippen molar-refractivity contribution in [3.8, 4) is 0 Å². The number of hydrogen-bond acceptors (Lipinski definition) is 7. The Kier molecular flexibility index (Phi) is 13.1. The maximum Gasteiger partial charge on any atom is 0.393 e. The van der Waals surface area contributed by atoms with Crippen molar-refractivity contribution in [1.82, 2.24) is 4.90 Å². The number of amides is 2. The molecule has 3 aliphatic heterocycles. The minimum atomic E-state index is -7.80. The van der Waals surface area contributed by atoms with Gasteiger partial charge in [-0.2, -0.15) is 52.7 Å². The molecule has 2 saturated heterocycles. The Bertz CT molecular complexity index is 1840. The first-order valence-electron chi connectivity index (χ1n) is 17.7. The molecule has 2 fully saturated rings. The molecule has 0 bridgehead atoms. The number of benzene rings is 2. The van der Waals surface area contributed by atoms with Gasteiger partial charge in [-0.15, -0.1) is 0 Å². The Hall–Kier alpha value is -2.22. The molecule has 0 radical (unpaired) electrons. The largest absolute Gasteiger partial charge is 0.409 e. The second-order valence-electron chi connectivity index (χ2n) is 15.7. The molecule has 3 heterocycles. The molecule has 59 heavy (non-hydrogen) atoms. The fourth-order valence-electron chi connectivity index (χ4n) is 6.34. The van der Waals surface area contributed by atoms with Gasteiger partial charge in [0.05, 0.1) is 30.4 Å². The molecule has 2 aromatic rings. The summed E-state index contributed by atoms with van der Waals surface area (Å²) in [5.41, 5.74) is 0.452. The Labute approximate surface area is 349 Å². The highest BCUT2D eigenvalue weighted by atomic mass is 127. The third-order valence-electron chi connectivity index (χ3n) is 10.7. The fraction of sp³-hybridized carbons (Fsp3) is 0.611. The van der Waals surface area contributed by atoms with E-state index in [0.29, 0.717) is 5.56 Å². The first kappa shape index (κ1) is 47.8. The monoisotopic (exact) mass is 1010 g/mol. The van der Waals surface area contributed by atoms with Gasteiger partial charge in [0.2, 0.25) is 0 Å². The molecule has 8 nitrogen and oxygen atoms in total. The maximum absolute atomic E-state index is 15.0. The lowest BCUT2D eigenvalue weighted by molar-refractivity contribution is -0.417. The van der Waals surface area contributed by atoms with Crippen LogP contribution in [0.3, 0.4) is 0 Å². The Balaban J connectivity index is 1.50. The summed E-state index contributed by atoms with van der Waals surface area (Å²) in [5.74, 6) is -38.5. The van der Waals surface area contributed by atoms with Crippen molar-refractivity contribution in [1.29, 1.82) is 0 Å². The van der Waals surface area contributed by atoms with Gasteiger partial charge in [-0.1, -0.05) is 85.8 Å². The Morgan fingerprint density at radius 1 is 0.797 bits per heavy atom. The van der Waals surface area contributed by atoms with Crippen molar-refractivity contribution in [2.75, 3.05) is 13.2 Å². The van der Waals surface area contributed by atoms with Crippen LogP contribution in [-0.2, 0) is 23.4 Å². The predicted molar refractivity (Wildman–Crippen MR) is 195 cm³/mol. The van der Waals surface area contributed by atoms with Gasteiger partial charge < -0.3 is 23.4 Å². The number of alkyl halides is 14. The zero-order chi connectivity index (χ0) is 44.5. The number of halogens is 14. The molecule has 5 rings (SSSR count). The number of rotatable bonds is 14. The molecular formula is C36H37ClF12INO7Si. The van der Waals surface area contributed by atoms with Crippen LogP contribution in [0, 0.1) is 0 Å². The van der Waals surface area contributed by atoms with E-state index in [2.05, 4.69) is 11.6 Å². The van der Waals surface area contributed by atoms with Crippen LogP contribution in [0.1, 0.15) is 59.8 Å². The molecular weight excluding hydrogens is 977 g/mol. The summed E-state index contributed by atoms with van der Waals surface area (Å²) in [7, 11) is -2.98. The lowest BCUT2D eigenvalue weighted by Gasteiger charge is -2.53. The summed E-state index contributed by atoms with van der Waals surface area (Å²) >= 11 is 4.79. The topological polar surface area (TPSA) is 83.5 Å². The highest BCUT2D eigenvalue weighted by molar-refractivity contribution is 14.1. The van der Waals surface area contributed by atoms with Crippen LogP contribution >= 0.6 is 34.2 Å². The number of nitrogens with zero attached hydrogens (tertiary/aromatic N) is 1. The van der Waals surface area contributed by atoms with Crippen molar-refractivity contribution >= 4 is 54.3 Å². The summed E-state index contributed by atoms with van der Waals surface area (Å²) in [4.78, 5) is 28.8. The molecule has 330 valence electrons. The number of carbonyl (C=O) groups excluding carboxylic acids is 2. The minimum Gasteiger partial charge on any atom is -0.409 e. The first-order chi connectivity index (χ1) is 26.8. The molecule has 0 aliphatic carbocycles. The van der Waals surface area contributed by atoms with Crippen molar-refractivity contribution in [3.05, 3.63) is 71.3 Å². The van der Waals surface area contributed by atoms with Crippen LogP contribution in [0.5, 0.6) is 0 Å². The van der Waals surface area contributed by atoms with Crippen LogP contribution in [0.2, 0.25) is 18.1 Å². The van der Waals surface area contributed by atoms with Gasteiger partial charge in [0, 0.05) is 15.9 Å². The highest BCUT2D eigenvalue weighted by Gasteiger charge is 2.90. The van der Waals surface area contributed by atoms with E-state index < -0.39 is 114 Å². The zero-order valence-corrected chi connectivity index (χ0v) is 35.4. The number of ether oxygens (including phenoxy) is 4. The van der Waals surface area contributed by atoms with Gasteiger partial charge in [-0.25, -0.2) is 0 Å². The van der Waals surface area contributed by atoms with E-state index in [9.17, 15) is 62.3 Å². The molecule has 2 aromatic carbocycles. The molecule has 0 N–H and O–H groups in total. The van der Waals surface area contributed by atoms with Gasteiger partial charge in [0.15, 0.2) is 20.9 Å². The van der Waals surface area contributed by atoms with Gasteiger partial charge in [0.1, 0.15) is 18.2 Å². The molecule has 0 aromatic heterocycles. The Morgan fingerprint density at radius 3 is 1.81 bits per heavy atom. The minimum absolute atomic E-state index is 0.0524. The average molecular weight is 1010 g/mol. The second-order valence-corrected chi connectivity index (χ2v) is 22.7. The summed E-state index contributed by atoms with van der Waals surface area (Å²) in [6.07, 6.45) is -9.02. The lowest BCUT2D eigenvalue weighted by Crippen LogP contribution is -2.70. The summed E-state index contributed by atoms with van der Waals surface area (Å²) < 4.78 is 199. The molecule has 0 saturated carbocycles. The molecule has 1 unspecified atom stereocenters. The van der Waals surface area contributed by atoms with Crippen molar-refractivity contribution < 1.29 is 85.6 Å². The standard InChI is InChI=1S/C36H37ClF12INO7Si/c1-30(2,3)59(4,5)58-25-23(51-26(52)20-13-9-10-14-21(20)27(51)53)29(56-22-17-55-28(57-24(22)25)18-11-7-6-8-12-18)54-16-19(50)15-31(38,39)32(40,41)33(42,43)34(44,45)35(46,47)36(37,48)49/h6-14,19,22-25,28-29H,15-17H2,1-5H3/t19?,22-,23-,24-,25-,28-,29-/m1/s1. The van der Waals surface area contributed by atoms with Crippen LogP contribution in [0.25, 0.3) is 0 Å². The van der Waals surface area contributed by atoms with Gasteiger partial charge in [0.25, 0.3) is 11.8 Å². The van der Waals surface area contributed by atoms with Crippen molar-refractivity contribution in [3.63, 3.8) is 0 Å². The first-order valence-corrected chi connectivity index (χ1v) is 22.2. The lowest BCUT2D eigenvalue weighted by atomic mass is 9.92. The second kappa shape index (κ2) is 16.2. The number of hydrogen-bond donors (Lipinski definition) is 0. The van der Waals surface area contributed by atoms with Crippen molar-refractivity contribution in [2.24, 2.45) is 0 Å². The SMILES string of the molecule is CC(C)(C)[Si](C)(C)O[C@H]1[C@@H]2O[C@H](c3ccccc3)OC[C@H]2O[C@@H](OCC(I)CC(F)(F)C(F)(F)C(F)(F)C(F)(F)C(F)(F)C(F)(F)Cl)[C@@H]1N1C(=O)c2ccccc2C1=O. The van der Waals surface area contributed by atoms with Crippen LogP contribution in [-0.4, -0.2) is 108 Å². The fourth-order valence-corrected chi connectivity index (χ4v) is 8.53. The van der Waals surface area contributed by atoms with Gasteiger partial charge in [-0.05, 0) is 41.9 Å². The van der Waals surface area contributed by atoms with E-state index in [1.54, 1.807) is 30.3 Å². The van der Waals surface area contributed by atoms with Gasteiger partial charge in [-0.3, -0.25) is 14.5 Å². The number of carbonyl (C=O) groups is 2. The summed E-state index contributed by atoms with van der Waals surface area (Å²) in [6.45, 7) is 7.82. The van der Waals surface area contributed by atoms with E-state index in [0.717, 1.165) is 27.5 Å². The zero-order valence-electron chi connectivity index (χ0n) is 31.5. The molecule has 7 atom stereocenters. The Morgan fingerprint density at radius 2 is 1.31 bits per heavy atom. The predicted octanol–water partition coefficient (Wildman–Crippen LogP) is 10.1. The molecule has 3 aliphatic rings. The molecule has 23 heteroatoms. The third-order valence-corrected chi connectivity index (χ3v) is 16.2. The number of fused-ring (bicyclic) bond motifs is 2. The maximum atomic E-state index is 15.0. The van der Waals surface area contributed by atoms with E-state index >= 15 is 0 Å². The average Bonchev–Trinajstić information content (AvgIpc) is 3.37. The van der Waals surface area contributed by atoms with E-state index in [1.165, 1.54) is 24.3 Å². The van der Waals surface area contributed by atoms with Gasteiger partial charge >= 0.3 is 35.0 Å². The molecule has 0 spiro atoms. The van der Waals surface area contributed by atoms with Crippen molar-refractivity contribution in [2.45, 2.75) is 121 Å². The normalized spacial score (nSPS) is 25.8. The summed E-state index contributed by atoms with van der Waals surface area (Å²) in [6, 6.07) is 12.6. The highest BCUT2D eigenvalue weighted by Crippen LogP contribution is 2.61. The quantitative estimate of drug-likeness (QED) is 0.0613. The van der Waals surface area contributed by atoms with Crippen LogP contribution < -0.4 is 0 Å². The van der Waals surface area contributed by atoms with E-state index in [1.807, 2.05) is 33.9 Å². The smallest absolute Gasteiger partial charge is 0.393 e. The third kappa shape index (κ3) is 8.38. The van der Waals surface area contributed by atoms with Crippen LogP contribution in [0.15, 0.2) is 54.6 Å². The molecule has 2 amide bonds. The summed E-state index contributed by atoms with van der Waals surface area (Å²) in [5, 5.41) is -7.11. The van der Waals surface area contributed by atoms with E-state index in [-0.39, 0.29) is 17.7 Å².